The van der Waals surface area contributed by atoms with E-state index in [0.717, 1.165) is 5.56 Å². The molecule has 3 aromatic rings. The zero-order valence-electron chi connectivity index (χ0n) is 12.2. The molecule has 4 nitrogen and oxygen atoms in total. The molecule has 0 aliphatic rings. The first-order valence-corrected chi connectivity index (χ1v) is 7.06. The first-order chi connectivity index (χ1) is 11.2. The van der Waals surface area contributed by atoms with E-state index in [4.69, 9.17) is 14.6 Å². The van der Waals surface area contributed by atoms with Gasteiger partial charge in [0.05, 0.1) is 0 Å². The van der Waals surface area contributed by atoms with Gasteiger partial charge in [0.25, 0.3) is 0 Å². The fraction of sp³-hybridized carbons (Fsp3) is 0. The molecule has 0 atom stereocenters. The SMILES string of the molecule is O=C(O)Oc1ccccc1-c1ccccc1Oc1ccccc1. The Balaban J connectivity index is 2.03. The van der Waals surface area contributed by atoms with Crippen LogP contribution >= 0.6 is 0 Å². The first-order valence-electron chi connectivity index (χ1n) is 7.06. The summed E-state index contributed by atoms with van der Waals surface area (Å²) >= 11 is 0. The van der Waals surface area contributed by atoms with Crippen molar-refractivity contribution in [2.45, 2.75) is 0 Å². The lowest BCUT2D eigenvalue weighted by Gasteiger charge is -2.13. The van der Waals surface area contributed by atoms with Crippen LogP contribution in [0.4, 0.5) is 4.79 Å². The van der Waals surface area contributed by atoms with Gasteiger partial charge in [0.15, 0.2) is 0 Å². The average Bonchev–Trinajstić information content (AvgIpc) is 2.56. The number of carboxylic acid groups (broad SMARTS) is 1. The minimum atomic E-state index is -1.35. The minimum Gasteiger partial charge on any atom is -0.457 e. The van der Waals surface area contributed by atoms with Gasteiger partial charge in [-0.25, -0.2) is 4.79 Å². The lowest BCUT2D eigenvalue weighted by atomic mass is 10.0. The van der Waals surface area contributed by atoms with E-state index in [2.05, 4.69) is 0 Å². The van der Waals surface area contributed by atoms with E-state index in [0.29, 0.717) is 17.1 Å². The molecule has 0 aliphatic carbocycles. The van der Waals surface area contributed by atoms with Crippen LogP contribution in [0, 0.1) is 0 Å². The van der Waals surface area contributed by atoms with Crippen LogP contribution in [0.3, 0.4) is 0 Å². The molecular weight excluding hydrogens is 292 g/mol. The number of hydrogen-bond donors (Lipinski definition) is 1. The Hall–Kier alpha value is -3.27. The van der Waals surface area contributed by atoms with Crippen molar-refractivity contribution in [3.05, 3.63) is 78.9 Å². The molecule has 0 saturated heterocycles. The third-order valence-corrected chi connectivity index (χ3v) is 3.23. The first kappa shape index (κ1) is 14.7. The lowest BCUT2D eigenvalue weighted by molar-refractivity contribution is 0.144. The van der Waals surface area contributed by atoms with Crippen molar-refractivity contribution < 1.29 is 19.4 Å². The van der Waals surface area contributed by atoms with Crippen LogP contribution in [-0.2, 0) is 0 Å². The Bertz CT molecular complexity index is 812. The van der Waals surface area contributed by atoms with Crippen molar-refractivity contribution in [2.75, 3.05) is 0 Å². The Morgan fingerprint density at radius 2 is 1.22 bits per heavy atom. The van der Waals surface area contributed by atoms with Gasteiger partial charge in [-0.3, -0.25) is 0 Å². The molecule has 0 amide bonds. The van der Waals surface area contributed by atoms with E-state index in [-0.39, 0.29) is 5.75 Å². The molecule has 0 aromatic heterocycles. The van der Waals surface area contributed by atoms with E-state index in [1.165, 1.54) is 0 Å². The summed E-state index contributed by atoms with van der Waals surface area (Å²) in [6.45, 7) is 0. The molecule has 0 spiro atoms. The second kappa shape index (κ2) is 6.66. The fourth-order valence-electron chi connectivity index (χ4n) is 2.27. The lowest BCUT2D eigenvalue weighted by Crippen LogP contribution is -2.04. The van der Waals surface area contributed by atoms with Gasteiger partial charge in [0, 0.05) is 11.1 Å². The van der Waals surface area contributed by atoms with Gasteiger partial charge in [-0.2, -0.15) is 0 Å². The van der Waals surface area contributed by atoms with E-state index >= 15 is 0 Å². The van der Waals surface area contributed by atoms with E-state index in [1.807, 2.05) is 60.7 Å². The highest BCUT2D eigenvalue weighted by molar-refractivity contribution is 5.78. The van der Waals surface area contributed by atoms with Crippen LogP contribution in [0.2, 0.25) is 0 Å². The molecule has 0 aliphatic heterocycles. The summed E-state index contributed by atoms with van der Waals surface area (Å²) in [7, 11) is 0. The molecule has 0 unspecified atom stereocenters. The maximum absolute atomic E-state index is 10.9. The second-order valence-corrected chi connectivity index (χ2v) is 4.78. The van der Waals surface area contributed by atoms with Gasteiger partial charge in [-0.1, -0.05) is 54.6 Å². The molecule has 3 rings (SSSR count). The van der Waals surface area contributed by atoms with Crippen molar-refractivity contribution in [3.63, 3.8) is 0 Å². The molecular formula is C19H14O4. The Morgan fingerprint density at radius 1 is 0.696 bits per heavy atom. The van der Waals surface area contributed by atoms with Gasteiger partial charge in [-0.15, -0.1) is 0 Å². The number of ether oxygens (including phenoxy) is 2. The fourth-order valence-corrected chi connectivity index (χ4v) is 2.27. The van der Waals surface area contributed by atoms with Crippen molar-refractivity contribution in [2.24, 2.45) is 0 Å². The zero-order chi connectivity index (χ0) is 16.1. The Morgan fingerprint density at radius 3 is 1.87 bits per heavy atom. The number of para-hydroxylation sites is 3. The molecule has 0 saturated carbocycles. The van der Waals surface area contributed by atoms with Gasteiger partial charge in [0.1, 0.15) is 17.2 Å². The number of rotatable bonds is 4. The van der Waals surface area contributed by atoms with E-state index in [1.54, 1.807) is 18.2 Å². The summed E-state index contributed by atoms with van der Waals surface area (Å²) in [6.07, 6.45) is -1.35. The molecule has 4 heteroatoms. The molecule has 0 bridgehead atoms. The van der Waals surface area contributed by atoms with E-state index in [9.17, 15) is 4.79 Å². The molecule has 3 aromatic carbocycles. The highest BCUT2D eigenvalue weighted by Gasteiger charge is 2.13. The van der Waals surface area contributed by atoms with E-state index < -0.39 is 6.16 Å². The maximum atomic E-state index is 10.9. The summed E-state index contributed by atoms with van der Waals surface area (Å²) in [6, 6.07) is 23.8. The van der Waals surface area contributed by atoms with Crippen molar-refractivity contribution >= 4 is 6.16 Å². The predicted molar refractivity (Wildman–Crippen MR) is 87.0 cm³/mol. The molecule has 0 radical (unpaired) electrons. The van der Waals surface area contributed by atoms with Crippen LogP contribution in [0.25, 0.3) is 11.1 Å². The second-order valence-electron chi connectivity index (χ2n) is 4.78. The van der Waals surface area contributed by atoms with Crippen LogP contribution in [0.5, 0.6) is 17.2 Å². The van der Waals surface area contributed by atoms with Gasteiger partial charge >= 0.3 is 6.16 Å². The van der Waals surface area contributed by atoms with Crippen molar-refractivity contribution in [3.8, 4) is 28.4 Å². The number of hydrogen-bond acceptors (Lipinski definition) is 3. The third-order valence-electron chi connectivity index (χ3n) is 3.23. The molecule has 23 heavy (non-hydrogen) atoms. The highest BCUT2D eigenvalue weighted by Crippen LogP contribution is 2.38. The normalized spacial score (nSPS) is 10.1. The topological polar surface area (TPSA) is 55.8 Å². The molecule has 0 heterocycles. The zero-order valence-corrected chi connectivity index (χ0v) is 12.2. The Labute approximate surface area is 133 Å². The molecule has 114 valence electrons. The predicted octanol–water partition coefficient (Wildman–Crippen LogP) is 5.20. The third kappa shape index (κ3) is 3.49. The molecule has 0 fully saturated rings. The summed E-state index contributed by atoms with van der Waals surface area (Å²) in [5.74, 6) is 1.60. The summed E-state index contributed by atoms with van der Waals surface area (Å²) < 4.78 is 10.8. The Kier molecular flexibility index (Phi) is 4.25. The largest absolute Gasteiger partial charge is 0.511 e. The van der Waals surface area contributed by atoms with Crippen LogP contribution in [0.15, 0.2) is 78.9 Å². The summed E-state index contributed by atoms with van der Waals surface area (Å²) in [5.41, 5.74) is 1.41. The maximum Gasteiger partial charge on any atom is 0.511 e. The number of carbonyl (C=O) groups is 1. The monoisotopic (exact) mass is 306 g/mol. The standard InChI is InChI=1S/C19H14O4/c20-19(21)23-18-13-7-5-11-16(18)15-10-4-6-12-17(15)22-14-8-2-1-3-9-14/h1-13H,(H,20,21). The van der Waals surface area contributed by atoms with Crippen LogP contribution in [0.1, 0.15) is 0 Å². The smallest absolute Gasteiger partial charge is 0.457 e. The van der Waals surface area contributed by atoms with Gasteiger partial charge in [0.2, 0.25) is 0 Å². The van der Waals surface area contributed by atoms with Gasteiger partial charge < -0.3 is 14.6 Å². The molecule has 1 N–H and O–H groups in total. The average molecular weight is 306 g/mol. The quantitative estimate of drug-likeness (QED) is 0.531. The van der Waals surface area contributed by atoms with Crippen molar-refractivity contribution in [1.29, 1.82) is 0 Å². The summed E-state index contributed by atoms with van der Waals surface area (Å²) in [4.78, 5) is 10.9. The minimum absolute atomic E-state index is 0.268. The van der Waals surface area contributed by atoms with Crippen LogP contribution in [-0.4, -0.2) is 11.3 Å². The summed E-state index contributed by atoms with van der Waals surface area (Å²) in [5, 5.41) is 8.89. The van der Waals surface area contributed by atoms with Crippen molar-refractivity contribution in [1.82, 2.24) is 0 Å². The number of benzene rings is 3. The van der Waals surface area contributed by atoms with Gasteiger partial charge in [-0.05, 0) is 24.3 Å². The van der Waals surface area contributed by atoms with Crippen LogP contribution < -0.4 is 9.47 Å². The highest BCUT2D eigenvalue weighted by atomic mass is 16.7.